The number of amides is 1. The first kappa shape index (κ1) is 20.6. The Balaban J connectivity index is 1.93. The predicted molar refractivity (Wildman–Crippen MR) is 99.8 cm³/mol. The van der Waals surface area contributed by atoms with Crippen LogP contribution in [0.4, 0.5) is 9.18 Å². The van der Waals surface area contributed by atoms with Gasteiger partial charge < -0.3 is 19.7 Å². The Labute approximate surface area is 155 Å². The number of likely N-dealkylation sites (tertiary alicyclic amines) is 1. The number of halogens is 1. The van der Waals surface area contributed by atoms with Crippen molar-refractivity contribution in [3.05, 3.63) is 35.9 Å². The van der Waals surface area contributed by atoms with E-state index >= 15 is 0 Å². The zero-order valence-corrected chi connectivity index (χ0v) is 16.0. The van der Waals surface area contributed by atoms with Gasteiger partial charge in [0, 0.05) is 25.7 Å². The fraction of sp³-hybridized carbons (Fsp3) is 0.650. The highest BCUT2D eigenvalue weighted by atomic mass is 19.1. The number of alkyl halides is 1. The summed E-state index contributed by atoms with van der Waals surface area (Å²) >= 11 is 0. The molecule has 1 amide bonds. The van der Waals surface area contributed by atoms with E-state index in [9.17, 15) is 9.18 Å². The molecule has 6 heteroatoms. The van der Waals surface area contributed by atoms with Crippen LogP contribution in [-0.4, -0.2) is 55.1 Å². The van der Waals surface area contributed by atoms with Crippen LogP contribution in [0.5, 0.6) is 0 Å². The van der Waals surface area contributed by atoms with Crippen molar-refractivity contribution >= 4 is 6.09 Å². The molecule has 146 valence electrons. The van der Waals surface area contributed by atoms with Crippen molar-refractivity contribution in [2.75, 3.05) is 26.4 Å². The highest BCUT2D eigenvalue weighted by molar-refractivity contribution is 5.68. The molecular weight excluding hydrogens is 335 g/mol. The fourth-order valence-corrected chi connectivity index (χ4v) is 2.95. The maximum Gasteiger partial charge on any atom is 0.410 e. The summed E-state index contributed by atoms with van der Waals surface area (Å²) in [4.78, 5) is 14.0. The van der Waals surface area contributed by atoms with Crippen LogP contribution in [0.15, 0.2) is 30.3 Å². The van der Waals surface area contributed by atoms with Crippen molar-refractivity contribution in [1.29, 1.82) is 0 Å². The standard InChI is InChI=1S/C20H31FN2O3/c1-20(2,3)26-19(24)23-12-10-17(18(15-23)25-13-7-11-21)22-14-16-8-5-4-6-9-16/h4-6,8-9,17-18,22H,7,10-15H2,1-3H3. The van der Waals surface area contributed by atoms with Gasteiger partial charge in [-0.25, -0.2) is 4.79 Å². The molecule has 0 radical (unpaired) electrons. The molecule has 1 aliphatic heterocycles. The molecule has 1 aromatic rings. The van der Waals surface area contributed by atoms with Crippen molar-refractivity contribution < 1.29 is 18.7 Å². The molecule has 1 saturated heterocycles. The third-order valence-electron chi connectivity index (χ3n) is 4.23. The lowest BCUT2D eigenvalue weighted by Crippen LogP contribution is -2.55. The van der Waals surface area contributed by atoms with Crippen LogP contribution >= 0.6 is 0 Å². The highest BCUT2D eigenvalue weighted by Crippen LogP contribution is 2.19. The lowest BCUT2D eigenvalue weighted by molar-refractivity contribution is -0.0362. The van der Waals surface area contributed by atoms with Crippen LogP contribution in [0.1, 0.15) is 39.2 Å². The molecule has 26 heavy (non-hydrogen) atoms. The minimum absolute atomic E-state index is 0.119. The average molecular weight is 366 g/mol. The number of benzene rings is 1. The first-order valence-corrected chi connectivity index (χ1v) is 9.32. The minimum Gasteiger partial charge on any atom is -0.444 e. The van der Waals surface area contributed by atoms with Crippen molar-refractivity contribution in [3.8, 4) is 0 Å². The van der Waals surface area contributed by atoms with Gasteiger partial charge in [0.05, 0.1) is 19.3 Å². The third kappa shape index (κ3) is 6.92. The molecule has 0 saturated carbocycles. The van der Waals surface area contributed by atoms with Crippen LogP contribution in [0, 0.1) is 0 Å². The Morgan fingerprint density at radius 2 is 2.04 bits per heavy atom. The van der Waals surface area contributed by atoms with E-state index in [1.807, 2.05) is 39.0 Å². The summed E-state index contributed by atoms with van der Waals surface area (Å²) < 4.78 is 23.8. The normalized spacial score (nSPS) is 20.8. The maximum absolute atomic E-state index is 12.4. The van der Waals surface area contributed by atoms with Crippen molar-refractivity contribution in [2.24, 2.45) is 0 Å². The number of piperidine rings is 1. The lowest BCUT2D eigenvalue weighted by atomic mass is 10.0. The molecule has 5 nitrogen and oxygen atoms in total. The van der Waals surface area contributed by atoms with Gasteiger partial charge in [0.1, 0.15) is 5.60 Å². The molecule has 1 heterocycles. The minimum atomic E-state index is -0.524. The van der Waals surface area contributed by atoms with Crippen LogP contribution in [0.25, 0.3) is 0 Å². The Morgan fingerprint density at radius 1 is 1.31 bits per heavy atom. The van der Waals surface area contributed by atoms with Crippen LogP contribution in [-0.2, 0) is 16.0 Å². The van der Waals surface area contributed by atoms with E-state index in [-0.39, 0.29) is 18.2 Å². The monoisotopic (exact) mass is 366 g/mol. The number of rotatable bonds is 7. The smallest absolute Gasteiger partial charge is 0.410 e. The van der Waals surface area contributed by atoms with Gasteiger partial charge in [-0.05, 0) is 39.2 Å². The van der Waals surface area contributed by atoms with E-state index in [0.29, 0.717) is 26.1 Å². The maximum atomic E-state index is 12.4. The topological polar surface area (TPSA) is 50.8 Å². The number of hydrogen-bond donors (Lipinski definition) is 1. The molecule has 1 aromatic carbocycles. The van der Waals surface area contributed by atoms with E-state index in [4.69, 9.17) is 9.47 Å². The summed E-state index contributed by atoms with van der Waals surface area (Å²) in [5.74, 6) is 0. The number of carbonyl (C=O) groups is 1. The molecule has 0 aliphatic carbocycles. The largest absolute Gasteiger partial charge is 0.444 e. The average Bonchev–Trinajstić information content (AvgIpc) is 2.60. The number of carbonyl (C=O) groups excluding carboxylic acids is 1. The Bertz CT molecular complexity index is 548. The second-order valence-corrected chi connectivity index (χ2v) is 7.64. The van der Waals surface area contributed by atoms with Crippen molar-refractivity contribution in [3.63, 3.8) is 0 Å². The molecule has 1 fully saturated rings. The second kappa shape index (κ2) is 9.88. The van der Waals surface area contributed by atoms with Gasteiger partial charge >= 0.3 is 6.09 Å². The van der Waals surface area contributed by atoms with Crippen LogP contribution in [0.3, 0.4) is 0 Å². The van der Waals surface area contributed by atoms with E-state index in [1.54, 1.807) is 4.90 Å². The molecule has 2 unspecified atom stereocenters. The van der Waals surface area contributed by atoms with Crippen molar-refractivity contribution in [2.45, 2.75) is 57.9 Å². The van der Waals surface area contributed by atoms with E-state index in [0.717, 1.165) is 13.0 Å². The molecule has 0 aromatic heterocycles. The Kier molecular flexibility index (Phi) is 7.85. The lowest BCUT2D eigenvalue weighted by Gasteiger charge is -2.39. The van der Waals surface area contributed by atoms with Gasteiger partial charge in [-0.2, -0.15) is 0 Å². The first-order chi connectivity index (χ1) is 12.4. The molecule has 0 spiro atoms. The number of nitrogens with one attached hydrogen (secondary N) is 1. The Hall–Kier alpha value is -1.66. The molecule has 1 N–H and O–H groups in total. The fourth-order valence-electron chi connectivity index (χ4n) is 2.95. The quantitative estimate of drug-likeness (QED) is 0.750. The van der Waals surface area contributed by atoms with Gasteiger partial charge in [-0.1, -0.05) is 30.3 Å². The van der Waals surface area contributed by atoms with Gasteiger partial charge in [-0.3, -0.25) is 4.39 Å². The highest BCUT2D eigenvalue weighted by Gasteiger charge is 2.33. The zero-order valence-electron chi connectivity index (χ0n) is 16.0. The number of ether oxygens (including phenoxy) is 2. The third-order valence-corrected chi connectivity index (χ3v) is 4.23. The summed E-state index contributed by atoms with van der Waals surface area (Å²) in [6, 6.07) is 10.3. The number of hydrogen-bond acceptors (Lipinski definition) is 4. The number of nitrogens with zero attached hydrogens (tertiary/aromatic N) is 1. The van der Waals surface area contributed by atoms with E-state index in [1.165, 1.54) is 5.56 Å². The molecule has 2 atom stereocenters. The van der Waals surface area contributed by atoms with Crippen LogP contribution in [0.2, 0.25) is 0 Å². The van der Waals surface area contributed by atoms with Crippen LogP contribution < -0.4 is 5.32 Å². The summed E-state index contributed by atoms with van der Waals surface area (Å²) in [5, 5.41) is 3.53. The van der Waals surface area contributed by atoms with Gasteiger partial charge in [0.15, 0.2) is 0 Å². The summed E-state index contributed by atoms with van der Waals surface area (Å²) in [6.07, 6.45) is 0.644. The van der Waals surface area contributed by atoms with Gasteiger partial charge in [-0.15, -0.1) is 0 Å². The van der Waals surface area contributed by atoms with E-state index < -0.39 is 12.3 Å². The summed E-state index contributed by atoms with van der Waals surface area (Å²) in [6.45, 7) is 7.33. The predicted octanol–water partition coefficient (Wildman–Crippen LogP) is 3.53. The molecule has 2 rings (SSSR count). The molecular formula is C20H31FN2O3. The summed E-state index contributed by atoms with van der Waals surface area (Å²) in [7, 11) is 0. The molecule has 1 aliphatic rings. The van der Waals surface area contributed by atoms with Gasteiger partial charge in [0.2, 0.25) is 0 Å². The van der Waals surface area contributed by atoms with Crippen molar-refractivity contribution in [1.82, 2.24) is 10.2 Å². The Morgan fingerprint density at radius 3 is 2.69 bits per heavy atom. The first-order valence-electron chi connectivity index (χ1n) is 9.32. The van der Waals surface area contributed by atoms with E-state index in [2.05, 4.69) is 17.4 Å². The second-order valence-electron chi connectivity index (χ2n) is 7.64. The molecule has 0 bridgehead atoms. The zero-order chi connectivity index (χ0) is 19.0. The van der Waals surface area contributed by atoms with Gasteiger partial charge in [0.25, 0.3) is 0 Å². The SMILES string of the molecule is CC(C)(C)OC(=O)N1CCC(NCc2ccccc2)C(OCCCF)C1. The summed E-state index contributed by atoms with van der Waals surface area (Å²) in [5.41, 5.74) is 0.675.